The van der Waals surface area contributed by atoms with E-state index >= 15 is 0 Å². The highest BCUT2D eigenvalue weighted by molar-refractivity contribution is 5.84. The van der Waals surface area contributed by atoms with Crippen molar-refractivity contribution in [3.8, 4) is 0 Å². The van der Waals surface area contributed by atoms with Gasteiger partial charge in [-0.25, -0.2) is 0 Å². The number of furan rings is 1. The number of nitrogens with one attached hydrogen (secondary N) is 1. The number of aliphatic carboxylic acids is 1. The first-order chi connectivity index (χ1) is 8.72. The van der Waals surface area contributed by atoms with E-state index in [0.717, 1.165) is 11.5 Å². The van der Waals surface area contributed by atoms with Crippen molar-refractivity contribution in [2.75, 3.05) is 6.54 Å². The molecule has 1 unspecified atom stereocenters. The Balaban J connectivity index is 2.51. The van der Waals surface area contributed by atoms with Crippen molar-refractivity contribution in [2.45, 2.75) is 38.6 Å². The summed E-state index contributed by atoms with van der Waals surface area (Å²) in [5.74, 6) is 0.0115. The van der Waals surface area contributed by atoms with E-state index < -0.39 is 12.0 Å². The molecule has 1 atom stereocenters. The van der Waals surface area contributed by atoms with Crippen LogP contribution in [0.15, 0.2) is 16.5 Å². The van der Waals surface area contributed by atoms with E-state index in [1.807, 2.05) is 32.9 Å². The number of hydrogen-bond acceptors (Lipinski definition) is 4. The molecule has 0 aliphatic carbocycles. The van der Waals surface area contributed by atoms with Gasteiger partial charge in [0, 0.05) is 12.0 Å². The fourth-order valence-electron chi connectivity index (χ4n) is 1.56. The van der Waals surface area contributed by atoms with Gasteiger partial charge in [0.25, 0.3) is 0 Å². The van der Waals surface area contributed by atoms with Crippen LogP contribution < -0.4 is 11.1 Å². The van der Waals surface area contributed by atoms with Crippen molar-refractivity contribution in [3.63, 3.8) is 0 Å². The van der Waals surface area contributed by atoms with Gasteiger partial charge in [-0.2, -0.15) is 0 Å². The SMILES string of the molecule is Cc1ccc(C(C)(C)CNC(=O)CC(N)C(=O)O)o1. The lowest BCUT2D eigenvalue weighted by molar-refractivity contribution is -0.140. The quantitative estimate of drug-likeness (QED) is 0.707. The number of hydrogen-bond donors (Lipinski definition) is 3. The zero-order valence-corrected chi connectivity index (χ0v) is 11.4. The standard InChI is InChI=1S/C13H20N2O4/c1-8-4-5-10(19-8)13(2,3)7-15-11(16)6-9(14)12(17)18/h4-5,9H,6-7,14H2,1-3H3,(H,15,16)(H,17,18). The summed E-state index contributed by atoms with van der Waals surface area (Å²) in [7, 11) is 0. The molecule has 1 heterocycles. The van der Waals surface area contributed by atoms with Crippen LogP contribution in [0.2, 0.25) is 0 Å². The highest BCUT2D eigenvalue weighted by Gasteiger charge is 2.25. The molecule has 6 heteroatoms. The Kier molecular flexibility index (Phi) is 4.72. The number of carboxylic acids is 1. The molecule has 0 bridgehead atoms. The summed E-state index contributed by atoms with van der Waals surface area (Å²) in [5.41, 5.74) is 4.93. The van der Waals surface area contributed by atoms with E-state index in [0.29, 0.717) is 6.54 Å². The zero-order valence-electron chi connectivity index (χ0n) is 11.4. The summed E-state index contributed by atoms with van der Waals surface area (Å²) in [6.45, 7) is 6.07. The Hall–Kier alpha value is -1.82. The summed E-state index contributed by atoms with van der Waals surface area (Å²) in [4.78, 5) is 22.1. The van der Waals surface area contributed by atoms with E-state index in [4.69, 9.17) is 15.3 Å². The van der Waals surface area contributed by atoms with Crippen molar-refractivity contribution in [2.24, 2.45) is 5.73 Å². The maximum Gasteiger partial charge on any atom is 0.321 e. The van der Waals surface area contributed by atoms with E-state index in [9.17, 15) is 9.59 Å². The average Bonchev–Trinajstić information content (AvgIpc) is 2.74. The number of carbonyl (C=O) groups is 2. The van der Waals surface area contributed by atoms with E-state index in [2.05, 4.69) is 5.32 Å². The van der Waals surface area contributed by atoms with Crippen LogP contribution in [0.25, 0.3) is 0 Å². The van der Waals surface area contributed by atoms with E-state index in [1.165, 1.54) is 0 Å². The van der Waals surface area contributed by atoms with Gasteiger partial charge >= 0.3 is 5.97 Å². The van der Waals surface area contributed by atoms with Gasteiger partial charge in [0.1, 0.15) is 17.6 Å². The lowest BCUT2D eigenvalue weighted by Gasteiger charge is -2.22. The van der Waals surface area contributed by atoms with Gasteiger partial charge in [-0.3, -0.25) is 9.59 Å². The third-order valence-electron chi connectivity index (χ3n) is 2.86. The first-order valence-electron chi connectivity index (χ1n) is 6.04. The topological polar surface area (TPSA) is 106 Å². The van der Waals surface area contributed by atoms with Crippen molar-refractivity contribution < 1.29 is 19.1 Å². The normalized spacial score (nSPS) is 13.1. The Morgan fingerprint density at radius 1 is 1.47 bits per heavy atom. The third kappa shape index (κ3) is 4.40. The molecule has 1 aromatic heterocycles. The Morgan fingerprint density at radius 2 is 2.11 bits per heavy atom. The van der Waals surface area contributed by atoms with Gasteiger partial charge in [-0.1, -0.05) is 13.8 Å². The molecule has 1 aromatic rings. The lowest BCUT2D eigenvalue weighted by Crippen LogP contribution is -2.41. The van der Waals surface area contributed by atoms with Gasteiger partial charge in [-0.05, 0) is 19.1 Å². The maximum absolute atomic E-state index is 11.6. The van der Waals surface area contributed by atoms with Gasteiger partial charge < -0.3 is 20.6 Å². The summed E-state index contributed by atoms with van der Waals surface area (Å²) < 4.78 is 5.53. The highest BCUT2D eigenvalue weighted by atomic mass is 16.4. The minimum absolute atomic E-state index is 0.234. The molecule has 0 radical (unpaired) electrons. The molecule has 1 rings (SSSR count). The largest absolute Gasteiger partial charge is 0.480 e. The highest BCUT2D eigenvalue weighted by Crippen LogP contribution is 2.24. The number of carbonyl (C=O) groups excluding carboxylic acids is 1. The van der Waals surface area contributed by atoms with Crippen LogP contribution in [-0.4, -0.2) is 29.6 Å². The summed E-state index contributed by atoms with van der Waals surface area (Å²) in [5, 5.41) is 11.3. The van der Waals surface area contributed by atoms with Crippen LogP contribution in [0, 0.1) is 6.92 Å². The minimum Gasteiger partial charge on any atom is -0.480 e. The van der Waals surface area contributed by atoms with Crippen LogP contribution in [0.5, 0.6) is 0 Å². The fourth-order valence-corrected chi connectivity index (χ4v) is 1.56. The minimum atomic E-state index is -1.18. The van der Waals surface area contributed by atoms with Crippen LogP contribution in [0.4, 0.5) is 0 Å². The number of rotatable bonds is 6. The number of aryl methyl sites for hydroxylation is 1. The van der Waals surface area contributed by atoms with Crippen molar-refractivity contribution in [1.82, 2.24) is 5.32 Å². The average molecular weight is 268 g/mol. The number of nitrogens with two attached hydrogens (primary N) is 1. The Morgan fingerprint density at radius 3 is 2.58 bits per heavy atom. The summed E-state index contributed by atoms with van der Waals surface area (Å²) >= 11 is 0. The molecule has 6 nitrogen and oxygen atoms in total. The summed E-state index contributed by atoms with van der Waals surface area (Å²) in [6.07, 6.45) is -0.234. The lowest BCUT2D eigenvalue weighted by atomic mass is 9.90. The number of carboxylic acid groups (broad SMARTS) is 1. The predicted octanol–water partition coefficient (Wildman–Crippen LogP) is 0.784. The number of amides is 1. The van der Waals surface area contributed by atoms with Crippen molar-refractivity contribution in [1.29, 1.82) is 0 Å². The van der Waals surface area contributed by atoms with E-state index in [1.54, 1.807) is 0 Å². The van der Waals surface area contributed by atoms with Crippen LogP contribution >= 0.6 is 0 Å². The summed E-state index contributed by atoms with van der Waals surface area (Å²) in [6, 6.07) is 2.55. The predicted molar refractivity (Wildman–Crippen MR) is 69.7 cm³/mol. The second-order valence-electron chi connectivity index (χ2n) is 5.22. The molecule has 106 valence electrons. The smallest absolute Gasteiger partial charge is 0.321 e. The molecule has 0 aromatic carbocycles. The van der Waals surface area contributed by atoms with Crippen LogP contribution in [0.3, 0.4) is 0 Å². The molecule has 0 fully saturated rings. The third-order valence-corrected chi connectivity index (χ3v) is 2.86. The first kappa shape index (κ1) is 15.2. The molecule has 0 aliphatic rings. The van der Waals surface area contributed by atoms with Gasteiger partial charge in [-0.15, -0.1) is 0 Å². The molecule has 0 saturated heterocycles. The maximum atomic E-state index is 11.6. The Bertz CT molecular complexity index is 465. The molecule has 1 amide bonds. The molecule has 0 saturated carbocycles. The second-order valence-corrected chi connectivity index (χ2v) is 5.22. The first-order valence-corrected chi connectivity index (χ1v) is 6.04. The van der Waals surface area contributed by atoms with Gasteiger partial charge in [0.15, 0.2) is 0 Å². The second kappa shape index (κ2) is 5.88. The Labute approximate surface area is 112 Å². The molecule has 19 heavy (non-hydrogen) atoms. The van der Waals surface area contributed by atoms with Crippen molar-refractivity contribution >= 4 is 11.9 Å². The molecular formula is C13H20N2O4. The molecule has 0 spiro atoms. The van der Waals surface area contributed by atoms with Crippen LogP contribution in [-0.2, 0) is 15.0 Å². The monoisotopic (exact) mass is 268 g/mol. The molecule has 4 N–H and O–H groups in total. The van der Waals surface area contributed by atoms with Gasteiger partial charge in [0.05, 0.1) is 6.42 Å². The van der Waals surface area contributed by atoms with E-state index in [-0.39, 0.29) is 17.7 Å². The van der Waals surface area contributed by atoms with Gasteiger partial charge in [0.2, 0.25) is 5.91 Å². The fraction of sp³-hybridized carbons (Fsp3) is 0.538. The molecular weight excluding hydrogens is 248 g/mol. The van der Waals surface area contributed by atoms with Crippen LogP contribution in [0.1, 0.15) is 31.8 Å². The van der Waals surface area contributed by atoms with Crippen molar-refractivity contribution in [3.05, 3.63) is 23.7 Å². The molecule has 0 aliphatic heterocycles. The zero-order chi connectivity index (χ0) is 14.6.